The molecule has 0 aliphatic carbocycles. The normalized spacial score (nSPS) is 13.7. The van der Waals surface area contributed by atoms with Crippen LogP contribution in [0.25, 0.3) is 10.1 Å². The maximum absolute atomic E-state index is 14.5. The summed E-state index contributed by atoms with van der Waals surface area (Å²) in [6, 6.07) is 9.43. The molecule has 0 unspecified atom stereocenters. The highest BCUT2D eigenvalue weighted by molar-refractivity contribution is 7.20. The first-order valence-corrected chi connectivity index (χ1v) is 13.3. The number of nitrogens with one attached hydrogen (secondary N) is 3. The number of carbonyl (C=O) groups excluding carboxylic acids is 1. The highest BCUT2D eigenvalue weighted by Gasteiger charge is 2.31. The lowest BCUT2D eigenvalue weighted by atomic mass is 10.1. The fraction of sp³-hybridized carbons (Fsp3) is 0.357. The van der Waals surface area contributed by atoms with Gasteiger partial charge in [0, 0.05) is 32.4 Å². The molecule has 1 fully saturated rings. The number of carbonyl (C=O) groups is 1. The Hall–Kier alpha value is -4.00. The van der Waals surface area contributed by atoms with Crippen LogP contribution in [0.15, 0.2) is 30.3 Å². The molecule has 0 radical (unpaired) electrons. The third-order valence-electron chi connectivity index (χ3n) is 6.18. The van der Waals surface area contributed by atoms with Crippen LogP contribution in [0.1, 0.15) is 33.6 Å². The van der Waals surface area contributed by atoms with Crippen molar-refractivity contribution in [1.29, 1.82) is 5.26 Å². The molecule has 40 heavy (non-hydrogen) atoms. The van der Waals surface area contributed by atoms with Gasteiger partial charge in [-0.2, -0.15) is 18.4 Å². The summed E-state index contributed by atoms with van der Waals surface area (Å²) in [4.78, 5) is 12.2. The fourth-order valence-electron chi connectivity index (χ4n) is 4.32. The van der Waals surface area contributed by atoms with E-state index in [1.54, 1.807) is 18.2 Å². The van der Waals surface area contributed by atoms with E-state index >= 15 is 0 Å². The minimum atomic E-state index is -4.43. The number of alkyl halides is 3. The van der Waals surface area contributed by atoms with Crippen LogP contribution in [0, 0.1) is 29.0 Å². The molecule has 4 rings (SSSR count). The number of anilines is 2. The smallest absolute Gasteiger partial charge is 0.393 e. The molecule has 2 heterocycles. The lowest BCUT2D eigenvalue weighted by Crippen LogP contribution is -2.27. The van der Waals surface area contributed by atoms with Crippen LogP contribution in [0.5, 0.6) is 5.75 Å². The quantitative estimate of drug-likeness (QED) is 0.244. The zero-order chi connectivity index (χ0) is 28.7. The Morgan fingerprint density at radius 1 is 1.23 bits per heavy atom. The van der Waals surface area contributed by atoms with Gasteiger partial charge in [0.15, 0.2) is 6.61 Å². The van der Waals surface area contributed by atoms with Crippen molar-refractivity contribution >= 4 is 38.7 Å². The van der Waals surface area contributed by atoms with Gasteiger partial charge in [-0.3, -0.25) is 4.79 Å². The lowest BCUT2D eigenvalue weighted by molar-refractivity contribution is -0.126. The van der Waals surface area contributed by atoms with Gasteiger partial charge in [-0.25, -0.2) is 4.39 Å². The van der Waals surface area contributed by atoms with Crippen molar-refractivity contribution in [1.82, 2.24) is 5.32 Å². The second-order valence-electron chi connectivity index (χ2n) is 8.92. The van der Waals surface area contributed by atoms with E-state index in [1.165, 1.54) is 24.5 Å². The molecule has 2 aromatic carbocycles. The number of amides is 1. The van der Waals surface area contributed by atoms with E-state index < -0.39 is 24.3 Å². The first kappa shape index (κ1) is 29.0. The number of hydrogen-bond acceptors (Lipinski definition) is 7. The highest BCUT2D eigenvalue weighted by Crippen LogP contribution is 2.39. The summed E-state index contributed by atoms with van der Waals surface area (Å²) in [5.41, 5.74) is 0.744. The molecular weight excluding hydrogens is 548 g/mol. The van der Waals surface area contributed by atoms with E-state index in [4.69, 9.17) is 14.7 Å². The van der Waals surface area contributed by atoms with Gasteiger partial charge < -0.3 is 25.4 Å². The summed E-state index contributed by atoms with van der Waals surface area (Å²) in [6.45, 7) is 0.853. The maximum atomic E-state index is 14.5. The van der Waals surface area contributed by atoms with Gasteiger partial charge in [-0.05, 0) is 35.9 Å². The maximum Gasteiger partial charge on any atom is 0.393 e. The van der Waals surface area contributed by atoms with E-state index in [0.29, 0.717) is 23.3 Å². The van der Waals surface area contributed by atoms with Crippen molar-refractivity contribution in [3.05, 3.63) is 52.2 Å². The SMILES string of the molecule is CNC(=O)c1cc(OCC#N)c(NCC#Cc2sc3c(NC4CCOCC4)cccc3c2CC(F)(F)F)cc1F. The minimum absolute atomic E-state index is 0.0610. The van der Waals surface area contributed by atoms with Gasteiger partial charge in [0.2, 0.25) is 0 Å². The number of halogens is 4. The summed E-state index contributed by atoms with van der Waals surface area (Å²) in [6.07, 6.45) is -3.94. The molecule has 1 aliphatic heterocycles. The number of thiophene rings is 1. The summed E-state index contributed by atoms with van der Waals surface area (Å²) in [7, 11) is 1.35. The van der Waals surface area contributed by atoms with Crippen molar-refractivity contribution in [3.63, 3.8) is 0 Å². The molecular formula is C28H26F4N4O3S. The summed E-state index contributed by atoms with van der Waals surface area (Å²) >= 11 is 1.19. The number of nitrogens with zero attached hydrogens (tertiary/aromatic N) is 1. The summed E-state index contributed by atoms with van der Waals surface area (Å²) in [5.74, 6) is 4.24. The van der Waals surface area contributed by atoms with E-state index in [1.807, 2.05) is 6.07 Å². The van der Waals surface area contributed by atoms with E-state index in [0.717, 1.165) is 24.6 Å². The molecule has 3 aromatic rings. The Balaban J connectivity index is 1.61. The van der Waals surface area contributed by atoms with Gasteiger partial charge in [0.25, 0.3) is 5.91 Å². The zero-order valence-corrected chi connectivity index (χ0v) is 22.3. The van der Waals surface area contributed by atoms with Gasteiger partial charge in [-0.15, -0.1) is 11.3 Å². The van der Waals surface area contributed by atoms with Crippen LogP contribution < -0.4 is 20.7 Å². The average Bonchev–Trinajstić information content (AvgIpc) is 3.27. The Morgan fingerprint density at radius 3 is 2.70 bits per heavy atom. The first-order valence-electron chi connectivity index (χ1n) is 12.4. The Labute approximate surface area is 232 Å². The molecule has 0 atom stereocenters. The third-order valence-corrected chi connectivity index (χ3v) is 7.38. The standard InChI is InChI=1S/C28H26F4N4O3S/c1-34-27(37)19-14-24(39-13-9-33)23(15-21(19)29)35-10-3-6-25-20(16-28(30,31)32)18-4-2-5-22(26(18)40-25)36-17-7-11-38-12-8-17/h2,4-5,14-15,17,35-36H,7-8,10-13,16H2,1H3,(H,34,37). The molecule has 1 aliphatic rings. The molecule has 210 valence electrons. The van der Waals surface area contributed by atoms with Crippen molar-refractivity contribution in [3.8, 4) is 23.7 Å². The van der Waals surface area contributed by atoms with Crippen LogP contribution in [0.4, 0.5) is 28.9 Å². The lowest BCUT2D eigenvalue weighted by Gasteiger charge is -2.24. The molecule has 1 aromatic heterocycles. The minimum Gasteiger partial charge on any atom is -0.477 e. The van der Waals surface area contributed by atoms with Gasteiger partial charge in [-0.1, -0.05) is 24.0 Å². The van der Waals surface area contributed by atoms with Crippen molar-refractivity contribution in [2.24, 2.45) is 0 Å². The van der Waals surface area contributed by atoms with E-state index in [2.05, 4.69) is 27.8 Å². The van der Waals surface area contributed by atoms with Crippen molar-refractivity contribution in [2.45, 2.75) is 31.5 Å². The highest BCUT2D eigenvalue weighted by atomic mass is 32.1. The van der Waals surface area contributed by atoms with Crippen LogP contribution in [-0.4, -0.2) is 51.5 Å². The van der Waals surface area contributed by atoms with Crippen molar-refractivity contribution in [2.75, 3.05) is 44.0 Å². The fourth-order valence-corrected chi connectivity index (χ4v) is 5.49. The molecule has 12 heteroatoms. The monoisotopic (exact) mass is 574 g/mol. The molecule has 1 saturated heterocycles. The number of nitriles is 1. The van der Waals surface area contributed by atoms with Crippen LogP contribution >= 0.6 is 11.3 Å². The number of rotatable bonds is 8. The van der Waals surface area contributed by atoms with Gasteiger partial charge >= 0.3 is 6.18 Å². The predicted octanol–water partition coefficient (Wildman–Crippen LogP) is 5.46. The van der Waals surface area contributed by atoms with Crippen LogP contribution in [0.2, 0.25) is 0 Å². The molecule has 0 spiro atoms. The average molecular weight is 575 g/mol. The molecule has 7 nitrogen and oxygen atoms in total. The predicted molar refractivity (Wildman–Crippen MR) is 145 cm³/mol. The topological polar surface area (TPSA) is 95.4 Å². The number of benzene rings is 2. The van der Waals surface area contributed by atoms with Crippen molar-refractivity contribution < 1.29 is 31.8 Å². The number of ether oxygens (including phenoxy) is 2. The largest absolute Gasteiger partial charge is 0.477 e. The summed E-state index contributed by atoms with van der Waals surface area (Å²) < 4.78 is 66.5. The summed E-state index contributed by atoms with van der Waals surface area (Å²) in [5, 5.41) is 18.0. The Bertz CT molecular complexity index is 1480. The van der Waals surface area contributed by atoms with Crippen LogP contribution in [-0.2, 0) is 11.2 Å². The van der Waals surface area contributed by atoms with E-state index in [9.17, 15) is 22.4 Å². The Kier molecular flexibility index (Phi) is 9.35. The van der Waals surface area contributed by atoms with Crippen LogP contribution in [0.3, 0.4) is 0 Å². The molecule has 1 amide bonds. The Morgan fingerprint density at radius 2 is 2.00 bits per heavy atom. The molecule has 0 bridgehead atoms. The first-order chi connectivity index (χ1) is 19.2. The third kappa shape index (κ3) is 7.14. The number of fused-ring (bicyclic) bond motifs is 1. The molecule has 0 saturated carbocycles. The van der Waals surface area contributed by atoms with Gasteiger partial charge in [0.1, 0.15) is 17.6 Å². The second-order valence-corrected chi connectivity index (χ2v) is 9.95. The molecule has 3 N–H and O–H groups in total. The second kappa shape index (κ2) is 12.9. The zero-order valence-electron chi connectivity index (χ0n) is 21.5. The number of hydrogen-bond donors (Lipinski definition) is 3. The van der Waals surface area contributed by atoms with Gasteiger partial charge in [0.05, 0.1) is 39.5 Å². The van der Waals surface area contributed by atoms with E-state index in [-0.39, 0.29) is 46.6 Å².